The van der Waals surface area contributed by atoms with Crippen molar-refractivity contribution >= 4 is 6.21 Å². The molecule has 4 heteroatoms. The number of hydrogen-bond donors (Lipinski definition) is 2. The smallest absolute Gasteiger partial charge is 0.138 e. The fourth-order valence-electron chi connectivity index (χ4n) is 1.63. The Kier molecular flexibility index (Phi) is 1.78. The number of hydrazone groups is 1. The minimum Gasteiger partial charge on any atom is -0.340 e. The SMILES string of the molecule is C1=NNCc2[nH]c(-c3ccccc3)nc21. The Bertz CT molecular complexity index is 499. The van der Waals surface area contributed by atoms with E-state index in [0.717, 1.165) is 22.8 Å². The van der Waals surface area contributed by atoms with E-state index in [1.165, 1.54) is 0 Å². The molecule has 4 nitrogen and oxygen atoms in total. The molecule has 0 spiro atoms. The molecule has 0 saturated heterocycles. The first-order valence-electron chi connectivity index (χ1n) is 4.84. The second kappa shape index (κ2) is 3.24. The van der Waals surface area contributed by atoms with Crippen molar-refractivity contribution in [3.05, 3.63) is 41.7 Å². The predicted molar refractivity (Wildman–Crippen MR) is 58.5 cm³/mol. The highest BCUT2D eigenvalue weighted by atomic mass is 15.3. The lowest BCUT2D eigenvalue weighted by Crippen LogP contribution is -2.12. The van der Waals surface area contributed by atoms with Gasteiger partial charge in [-0.15, -0.1) is 0 Å². The summed E-state index contributed by atoms with van der Waals surface area (Å²) < 4.78 is 0. The molecule has 0 bridgehead atoms. The van der Waals surface area contributed by atoms with Crippen LogP contribution in [0.25, 0.3) is 11.4 Å². The van der Waals surface area contributed by atoms with Crippen LogP contribution in [-0.4, -0.2) is 16.2 Å². The summed E-state index contributed by atoms with van der Waals surface area (Å²) in [4.78, 5) is 7.76. The Labute approximate surface area is 87.1 Å². The van der Waals surface area contributed by atoms with E-state index >= 15 is 0 Å². The molecule has 0 fully saturated rings. The van der Waals surface area contributed by atoms with Crippen molar-refractivity contribution in [3.63, 3.8) is 0 Å². The number of benzene rings is 1. The van der Waals surface area contributed by atoms with Gasteiger partial charge in [0.05, 0.1) is 18.5 Å². The molecule has 0 aliphatic carbocycles. The first-order valence-corrected chi connectivity index (χ1v) is 4.84. The fourth-order valence-corrected chi connectivity index (χ4v) is 1.63. The van der Waals surface area contributed by atoms with E-state index in [1.54, 1.807) is 6.21 Å². The average molecular weight is 198 g/mol. The number of nitrogens with one attached hydrogen (secondary N) is 2. The predicted octanol–water partition coefficient (Wildman–Crippen LogP) is 1.51. The summed E-state index contributed by atoms with van der Waals surface area (Å²) in [7, 11) is 0. The van der Waals surface area contributed by atoms with Crippen molar-refractivity contribution < 1.29 is 0 Å². The highest BCUT2D eigenvalue weighted by Crippen LogP contribution is 2.17. The first kappa shape index (κ1) is 8.23. The topological polar surface area (TPSA) is 53.1 Å². The molecule has 1 aromatic heterocycles. The maximum Gasteiger partial charge on any atom is 0.138 e. The van der Waals surface area contributed by atoms with E-state index < -0.39 is 0 Å². The number of rotatable bonds is 1. The van der Waals surface area contributed by atoms with Gasteiger partial charge in [-0.3, -0.25) is 0 Å². The Morgan fingerprint density at radius 3 is 2.80 bits per heavy atom. The van der Waals surface area contributed by atoms with Crippen LogP contribution in [-0.2, 0) is 6.54 Å². The van der Waals surface area contributed by atoms with Gasteiger partial charge in [0.2, 0.25) is 0 Å². The lowest BCUT2D eigenvalue weighted by atomic mass is 10.2. The molecular weight excluding hydrogens is 188 g/mol. The monoisotopic (exact) mass is 198 g/mol. The molecule has 74 valence electrons. The third-order valence-corrected chi connectivity index (χ3v) is 2.39. The van der Waals surface area contributed by atoms with Gasteiger partial charge in [0, 0.05) is 5.56 Å². The summed E-state index contributed by atoms with van der Waals surface area (Å²) >= 11 is 0. The standard InChI is InChI=1S/C11H10N4/c1-2-4-8(5-3-1)11-14-9-6-12-13-7-10(9)15-11/h1-6,13H,7H2,(H,14,15). The lowest BCUT2D eigenvalue weighted by Gasteiger charge is -2.02. The number of H-pyrrole nitrogens is 1. The molecule has 0 atom stereocenters. The molecule has 3 rings (SSSR count). The van der Waals surface area contributed by atoms with Crippen LogP contribution < -0.4 is 5.43 Å². The van der Waals surface area contributed by atoms with Crippen LogP contribution >= 0.6 is 0 Å². The zero-order valence-corrected chi connectivity index (χ0v) is 8.07. The Balaban J connectivity index is 2.07. The van der Waals surface area contributed by atoms with Crippen LogP contribution in [0, 0.1) is 0 Å². The van der Waals surface area contributed by atoms with Gasteiger partial charge in [0.1, 0.15) is 11.5 Å². The average Bonchev–Trinajstić information content (AvgIpc) is 2.74. The number of fused-ring (bicyclic) bond motifs is 1. The number of nitrogens with zero attached hydrogens (tertiary/aromatic N) is 2. The van der Waals surface area contributed by atoms with Crippen LogP contribution in [0.2, 0.25) is 0 Å². The molecule has 2 aromatic rings. The molecule has 1 aliphatic rings. The molecule has 0 unspecified atom stereocenters. The van der Waals surface area contributed by atoms with E-state index in [2.05, 4.69) is 20.5 Å². The highest BCUT2D eigenvalue weighted by molar-refractivity contribution is 5.80. The van der Waals surface area contributed by atoms with E-state index in [-0.39, 0.29) is 0 Å². The number of aromatic amines is 1. The maximum atomic E-state index is 4.48. The molecular formula is C11H10N4. The second-order valence-corrected chi connectivity index (χ2v) is 3.41. The fraction of sp³-hybridized carbons (Fsp3) is 0.0909. The zero-order chi connectivity index (χ0) is 10.1. The van der Waals surface area contributed by atoms with Crippen LogP contribution in [0.3, 0.4) is 0 Å². The summed E-state index contributed by atoms with van der Waals surface area (Å²) in [6, 6.07) is 10.1. The van der Waals surface area contributed by atoms with Gasteiger partial charge < -0.3 is 10.4 Å². The van der Waals surface area contributed by atoms with Crippen LogP contribution in [0.15, 0.2) is 35.4 Å². The lowest BCUT2D eigenvalue weighted by molar-refractivity contribution is 0.719. The Morgan fingerprint density at radius 2 is 2.00 bits per heavy atom. The van der Waals surface area contributed by atoms with Gasteiger partial charge in [-0.25, -0.2) is 4.98 Å². The van der Waals surface area contributed by atoms with Crippen molar-refractivity contribution in [3.8, 4) is 11.4 Å². The summed E-state index contributed by atoms with van der Waals surface area (Å²) in [5.74, 6) is 0.899. The first-order chi connectivity index (χ1) is 7.43. The number of aromatic nitrogens is 2. The Morgan fingerprint density at radius 1 is 1.13 bits per heavy atom. The van der Waals surface area contributed by atoms with Gasteiger partial charge in [-0.05, 0) is 0 Å². The van der Waals surface area contributed by atoms with Gasteiger partial charge in [0.15, 0.2) is 0 Å². The maximum absolute atomic E-state index is 4.48. The van der Waals surface area contributed by atoms with Crippen molar-refractivity contribution in [1.29, 1.82) is 0 Å². The molecule has 1 aliphatic heterocycles. The van der Waals surface area contributed by atoms with Crippen LogP contribution in [0.1, 0.15) is 11.4 Å². The number of hydrogen-bond acceptors (Lipinski definition) is 3. The summed E-state index contributed by atoms with van der Waals surface area (Å²) in [5.41, 5.74) is 6.01. The largest absolute Gasteiger partial charge is 0.340 e. The summed E-state index contributed by atoms with van der Waals surface area (Å²) in [6.45, 7) is 0.714. The minimum atomic E-state index is 0.714. The van der Waals surface area contributed by atoms with Crippen molar-refractivity contribution in [1.82, 2.24) is 15.4 Å². The summed E-state index contributed by atoms with van der Waals surface area (Å²) in [6.07, 6.45) is 1.74. The molecule has 2 heterocycles. The summed E-state index contributed by atoms with van der Waals surface area (Å²) in [5, 5.41) is 3.97. The molecule has 0 amide bonds. The van der Waals surface area contributed by atoms with Gasteiger partial charge in [-0.2, -0.15) is 5.10 Å². The zero-order valence-electron chi connectivity index (χ0n) is 8.07. The van der Waals surface area contributed by atoms with Crippen LogP contribution in [0.5, 0.6) is 0 Å². The van der Waals surface area contributed by atoms with E-state index in [9.17, 15) is 0 Å². The second-order valence-electron chi connectivity index (χ2n) is 3.41. The van der Waals surface area contributed by atoms with Gasteiger partial charge >= 0.3 is 0 Å². The minimum absolute atomic E-state index is 0.714. The normalized spacial score (nSPS) is 13.3. The molecule has 1 aromatic carbocycles. The third-order valence-electron chi connectivity index (χ3n) is 2.39. The van der Waals surface area contributed by atoms with E-state index in [1.807, 2.05) is 30.3 Å². The van der Waals surface area contributed by atoms with Gasteiger partial charge in [0.25, 0.3) is 0 Å². The van der Waals surface area contributed by atoms with Crippen LogP contribution in [0.4, 0.5) is 0 Å². The molecule has 0 radical (unpaired) electrons. The van der Waals surface area contributed by atoms with Crippen molar-refractivity contribution in [2.75, 3.05) is 0 Å². The molecule has 2 N–H and O–H groups in total. The molecule has 15 heavy (non-hydrogen) atoms. The van der Waals surface area contributed by atoms with E-state index in [0.29, 0.717) is 6.54 Å². The third kappa shape index (κ3) is 1.40. The Hall–Kier alpha value is -2.10. The quantitative estimate of drug-likeness (QED) is 0.729. The van der Waals surface area contributed by atoms with E-state index in [4.69, 9.17) is 0 Å². The van der Waals surface area contributed by atoms with Crippen molar-refractivity contribution in [2.45, 2.75) is 6.54 Å². The number of imidazole rings is 1. The van der Waals surface area contributed by atoms with Gasteiger partial charge in [-0.1, -0.05) is 30.3 Å². The van der Waals surface area contributed by atoms with Crippen molar-refractivity contribution in [2.24, 2.45) is 5.10 Å². The molecule has 0 saturated carbocycles. The highest BCUT2D eigenvalue weighted by Gasteiger charge is 2.11.